The van der Waals surface area contributed by atoms with Crippen molar-refractivity contribution in [2.24, 2.45) is 0 Å². The molecule has 1 aliphatic rings. The van der Waals surface area contributed by atoms with Crippen LogP contribution in [0.3, 0.4) is 0 Å². The molecule has 30 heavy (non-hydrogen) atoms. The predicted octanol–water partition coefficient (Wildman–Crippen LogP) is 2.56. The third-order valence-electron chi connectivity index (χ3n) is 4.80. The summed E-state index contributed by atoms with van der Waals surface area (Å²) in [5, 5.41) is 11.0. The largest absolute Gasteiger partial charge is 0.462 e. The Morgan fingerprint density at radius 1 is 1.17 bits per heavy atom. The van der Waals surface area contributed by atoms with E-state index >= 15 is 0 Å². The fourth-order valence-electron chi connectivity index (χ4n) is 3.41. The molecule has 1 amide bonds. The second-order valence-corrected chi connectivity index (χ2v) is 7.90. The van der Waals surface area contributed by atoms with Gasteiger partial charge in [0, 0.05) is 11.1 Å². The van der Waals surface area contributed by atoms with Crippen molar-refractivity contribution in [1.29, 1.82) is 0 Å². The zero-order chi connectivity index (χ0) is 21.3. The smallest absolute Gasteiger partial charge is 0.341 e. The minimum absolute atomic E-state index is 0.255. The first kappa shape index (κ1) is 20.0. The highest BCUT2D eigenvalue weighted by molar-refractivity contribution is 7.17. The monoisotopic (exact) mass is 428 g/mol. The standard InChI is InChI=1S/C20H20N4O5S/c1-3-28-20(27)17-13-5-4-6-14(13)30-18(17)21-16(25)10-29-19(26)12-7-8-15-23-22-11(2)24(15)9-12/h7-9H,3-6,10H2,1-2H3,(H,21,25). The van der Waals surface area contributed by atoms with Crippen LogP contribution in [0.1, 0.15) is 50.3 Å². The molecule has 3 aromatic rings. The van der Waals surface area contributed by atoms with Gasteiger partial charge in [-0.05, 0) is 50.8 Å². The summed E-state index contributed by atoms with van der Waals surface area (Å²) >= 11 is 1.38. The van der Waals surface area contributed by atoms with Gasteiger partial charge in [-0.3, -0.25) is 9.20 Å². The van der Waals surface area contributed by atoms with E-state index in [0.717, 1.165) is 29.7 Å². The third-order valence-corrected chi connectivity index (χ3v) is 6.00. The minimum Gasteiger partial charge on any atom is -0.462 e. The molecule has 0 aromatic carbocycles. The molecule has 9 nitrogen and oxygen atoms in total. The lowest BCUT2D eigenvalue weighted by molar-refractivity contribution is -0.119. The summed E-state index contributed by atoms with van der Waals surface area (Å²) in [5.74, 6) is -0.966. The van der Waals surface area contributed by atoms with E-state index in [-0.39, 0.29) is 12.2 Å². The summed E-state index contributed by atoms with van der Waals surface area (Å²) in [6, 6.07) is 3.21. The number of thiophene rings is 1. The van der Waals surface area contributed by atoms with Crippen molar-refractivity contribution in [3.05, 3.63) is 45.7 Å². The number of nitrogens with one attached hydrogen (secondary N) is 1. The zero-order valence-electron chi connectivity index (χ0n) is 16.6. The molecule has 0 spiro atoms. The average Bonchev–Trinajstić information content (AvgIpc) is 3.41. The molecule has 0 saturated heterocycles. The number of rotatable bonds is 6. The molecule has 0 bridgehead atoms. The van der Waals surface area contributed by atoms with Crippen molar-refractivity contribution in [2.45, 2.75) is 33.1 Å². The first-order valence-electron chi connectivity index (χ1n) is 9.58. The Morgan fingerprint density at radius 2 is 2.00 bits per heavy atom. The first-order valence-corrected chi connectivity index (χ1v) is 10.4. The van der Waals surface area contributed by atoms with Crippen molar-refractivity contribution in [3.63, 3.8) is 0 Å². The Morgan fingerprint density at radius 3 is 2.80 bits per heavy atom. The maximum absolute atomic E-state index is 12.4. The predicted molar refractivity (Wildman–Crippen MR) is 109 cm³/mol. The van der Waals surface area contributed by atoms with Crippen LogP contribution >= 0.6 is 11.3 Å². The molecule has 0 saturated carbocycles. The minimum atomic E-state index is -0.639. The van der Waals surface area contributed by atoms with E-state index in [1.54, 1.807) is 36.6 Å². The number of nitrogens with zero attached hydrogens (tertiary/aromatic N) is 3. The van der Waals surface area contributed by atoms with Gasteiger partial charge in [0.25, 0.3) is 5.91 Å². The van der Waals surface area contributed by atoms with Gasteiger partial charge in [-0.1, -0.05) is 0 Å². The SMILES string of the molecule is CCOC(=O)c1c(NC(=O)COC(=O)c2ccc3nnc(C)n3c2)sc2c1CCC2. The Bertz CT molecular complexity index is 1150. The molecule has 156 valence electrons. The van der Waals surface area contributed by atoms with Gasteiger partial charge >= 0.3 is 11.9 Å². The number of anilines is 1. The molecule has 4 rings (SSSR count). The van der Waals surface area contributed by atoms with Gasteiger partial charge in [0.15, 0.2) is 12.3 Å². The van der Waals surface area contributed by atoms with E-state index < -0.39 is 24.5 Å². The number of fused-ring (bicyclic) bond motifs is 2. The fourth-order valence-corrected chi connectivity index (χ4v) is 4.71. The molecule has 1 N–H and O–H groups in total. The summed E-state index contributed by atoms with van der Waals surface area (Å²) < 4.78 is 11.9. The second kappa shape index (κ2) is 8.23. The summed E-state index contributed by atoms with van der Waals surface area (Å²) in [6.45, 7) is 3.29. The van der Waals surface area contributed by atoms with Crippen LogP contribution in [-0.4, -0.2) is 45.7 Å². The molecule has 0 aliphatic heterocycles. The van der Waals surface area contributed by atoms with E-state index in [1.165, 1.54) is 11.3 Å². The van der Waals surface area contributed by atoms with E-state index in [2.05, 4.69) is 15.5 Å². The van der Waals surface area contributed by atoms with Gasteiger partial charge < -0.3 is 14.8 Å². The average molecular weight is 428 g/mol. The molecular weight excluding hydrogens is 408 g/mol. The molecule has 0 fully saturated rings. The van der Waals surface area contributed by atoms with Gasteiger partial charge in [0.05, 0.1) is 17.7 Å². The lowest BCUT2D eigenvalue weighted by Crippen LogP contribution is -2.22. The number of hydrogen-bond donors (Lipinski definition) is 1. The molecule has 3 heterocycles. The molecule has 10 heteroatoms. The van der Waals surface area contributed by atoms with Crippen molar-refractivity contribution in [1.82, 2.24) is 14.6 Å². The quantitative estimate of drug-likeness (QED) is 0.601. The van der Waals surface area contributed by atoms with E-state index in [9.17, 15) is 14.4 Å². The van der Waals surface area contributed by atoms with E-state index in [1.807, 2.05) is 0 Å². The number of amides is 1. The number of hydrogen-bond acceptors (Lipinski definition) is 8. The number of carbonyl (C=O) groups excluding carboxylic acids is 3. The first-order chi connectivity index (χ1) is 14.5. The van der Waals surface area contributed by atoms with Crippen LogP contribution < -0.4 is 5.32 Å². The van der Waals surface area contributed by atoms with Crippen molar-refractivity contribution < 1.29 is 23.9 Å². The highest BCUT2D eigenvalue weighted by Gasteiger charge is 2.28. The zero-order valence-corrected chi connectivity index (χ0v) is 17.4. The van der Waals surface area contributed by atoms with Crippen LogP contribution in [0.4, 0.5) is 5.00 Å². The van der Waals surface area contributed by atoms with E-state index in [0.29, 0.717) is 22.0 Å². The number of carbonyl (C=O) groups is 3. The molecule has 0 atom stereocenters. The summed E-state index contributed by atoms with van der Waals surface area (Å²) in [4.78, 5) is 38.2. The number of esters is 2. The summed E-state index contributed by atoms with van der Waals surface area (Å²) in [5.41, 5.74) is 2.26. The highest BCUT2D eigenvalue weighted by Crippen LogP contribution is 2.39. The fraction of sp³-hybridized carbons (Fsp3) is 0.350. The molecule has 0 radical (unpaired) electrons. The summed E-state index contributed by atoms with van der Waals surface area (Å²) in [6.07, 6.45) is 4.21. The van der Waals surface area contributed by atoms with Crippen LogP contribution in [0.5, 0.6) is 0 Å². The van der Waals surface area contributed by atoms with Gasteiger partial charge in [-0.25, -0.2) is 9.59 Å². The normalized spacial score (nSPS) is 12.6. The van der Waals surface area contributed by atoms with E-state index in [4.69, 9.17) is 9.47 Å². The van der Waals surface area contributed by atoms with Crippen molar-refractivity contribution in [3.8, 4) is 0 Å². The van der Waals surface area contributed by atoms with Crippen LogP contribution in [0.25, 0.3) is 5.65 Å². The highest BCUT2D eigenvalue weighted by atomic mass is 32.1. The molecular formula is C20H20N4O5S. The maximum Gasteiger partial charge on any atom is 0.341 e. The third kappa shape index (κ3) is 3.78. The van der Waals surface area contributed by atoms with Crippen LogP contribution in [0.2, 0.25) is 0 Å². The van der Waals surface area contributed by atoms with Crippen LogP contribution in [-0.2, 0) is 27.1 Å². The number of aromatic nitrogens is 3. The van der Waals surface area contributed by atoms with Crippen molar-refractivity contribution in [2.75, 3.05) is 18.5 Å². The molecule has 1 aliphatic carbocycles. The van der Waals surface area contributed by atoms with Gasteiger partial charge in [-0.2, -0.15) is 0 Å². The molecule has 0 unspecified atom stereocenters. The number of aryl methyl sites for hydroxylation is 2. The van der Waals surface area contributed by atoms with Gasteiger partial charge in [0.2, 0.25) is 0 Å². The topological polar surface area (TPSA) is 112 Å². The number of ether oxygens (including phenoxy) is 2. The lowest BCUT2D eigenvalue weighted by Gasteiger charge is -2.09. The van der Waals surface area contributed by atoms with Gasteiger partial charge in [-0.15, -0.1) is 21.5 Å². The Kier molecular flexibility index (Phi) is 5.49. The maximum atomic E-state index is 12.4. The second-order valence-electron chi connectivity index (χ2n) is 6.80. The van der Waals surface area contributed by atoms with Gasteiger partial charge in [0.1, 0.15) is 10.8 Å². The Hall–Kier alpha value is -3.27. The Balaban J connectivity index is 1.43. The summed E-state index contributed by atoms with van der Waals surface area (Å²) in [7, 11) is 0. The molecule has 3 aromatic heterocycles. The van der Waals surface area contributed by atoms with Crippen molar-refractivity contribution >= 4 is 39.8 Å². The Labute approximate surface area is 176 Å². The number of pyridine rings is 1. The lowest BCUT2D eigenvalue weighted by atomic mass is 10.1. The van der Waals surface area contributed by atoms with Crippen LogP contribution in [0.15, 0.2) is 18.3 Å². The van der Waals surface area contributed by atoms with Crippen LogP contribution in [0, 0.1) is 6.92 Å².